The zero-order valence-corrected chi connectivity index (χ0v) is 29.8. The third-order valence-electron chi connectivity index (χ3n) is 7.93. The van der Waals surface area contributed by atoms with Gasteiger partial charge in [-0.25, -0.2) is 0 Å². The summed E-state index contributed by atoms with van der Waals surface area (Å²) in [5.74, 6) is -0.766. The largest absolute Gasteiger partial charge is 0.481 e. The van der Waals surface area contributed by atoms with Crippen LogP contribution in [0.25, 0.3) is 0 Å². The van der Waals surface area contributed by atoms with Gasteiger partial charge in [0.1, 0.15) is 0 Å². The van der Waals surface area contributed by atoms with Crippen LogP contribution in [0.5, 0.6) is 0 Å². The number of aliphatic hydroxyl groups excluding tert-OH is 2. The van der Waals surface area contributed by atoms with Crippen LogP contribution in [-0.2, 0) is 4.79 Å². The van der Waals surface area contributed by atoms with Crippen LogP contribution >= 0.6 is 0 Å². The molecule has 0 aromatic rings. The second kappa shape index (κ2) is 35.6. The average Bonchev–Trinajstić information content (AvgIpc) is 3.03. The van der Waals surface area contributed by atoms with Gasteiger partial charge in [-0.3, -0.25) is 9.69 Å². The Morgan fingerprint density at radius 1 is 0.522 bits per heavy atom. The zero-order valence-electron chi connectivity index (χ0n) is 29.8. The van der Waals surface area contributed by atoms with E-state index in [-0.39, 0.29) is 6.42 Å². The van der Waals surface area contributed by atoms with Gasteiger partial charge in [0.2, 0.25) is 0 Å². The van der Waals surface area contributed by atoms with Crippen molar-refractivity contribution in [3.63, 3.8) is 0 Å². The molecule has 0 saturated carbocycles. The lowest BCUT2D eigenvalue weighted by molar-refractivity contribution is -0.137. The van der Waals surface area contributed by atoms with Gasteiger partial charge in [0.05, 0.1) is 12.2 Å². The topological polar surface area (TPSA) is 81.0 Å². The Labute approximate surface area is 284 Å². The van der Waals surface area contributed by atoms with Gasteiger partial charge in [-0.05, 0) is 96.4 Å². The number of allylic oxidation sites excluding steroid dienone is 12. The number of hydrogen-bond acceptors (Lipinski definition) is 4. The maximum absolute atomic E-state index is 10.9. The first-order valence-corrected chi connectivity index (χ1v) is 18.7. The summed E-state index contributed by atoms with van der Waals surface area (Å²) in [5.41, 5.74) is 0. The van der Waals surface area contributed by atoms with Crippen LogP contribution in [0, 0.1) is 0 Å². The van der Waals surface area contributed by atoms with Crippen LogP contribution in [0.15, 0.2) is 72.9 Å². The molecule has 0 radical (unpaired) electrons. The van der Waals surface area contributed by atoms with E-state index in [0.29, 0.717) is 19.5 Å². The number of rotatable bonds is 33. The lowest BCUT2D eigenvalue weighted by atomic mass is 10.1. The van der Waals surface area contributed by atoms with Crippen molar-refractivity contribution in [2.24, 2.45) is 0 Å². The van der Waals surface area contributed by atoms with Crippen molar-refractivity contribution in [1.82, 2.24) is 4.90 Å². The number of aliphatic hydroxyl groups is 2. The fraction of sp³-hybridized carbons (Fsp3) is 0.683. The molecule has 0 amide bonds. The summed E-state index contributed by atoms with van der Waals surface area (Å²) in [6.45, 7) is 6.12. The molecular weight excluding hydrogens is 570 g/mol. The van der Waals surface area contributed by atoms with E-state index in [9.17, 15) is 15.0 Å². The maximum atomic E-state index is 10.9. The summed E-state index contributed by atoms with van der Waals surface area (Å²) in [6, 6.07) is 0. The van der Waals surface area contributed by atoms with Crippen molar-refractivity contribution in [2.45, 2.75) is 161 Å². The van der Waals surface area contributed by atoms with Crippen molar-refractivity contribution in [2.75, 3.05) is 19.6 Å². The highest BCUT2D eigenvalue weighted by atomic mass is 16.4. The Bertz CT molecular complexity index is 783. The molecule has 0 aromatic carbocycles. The molecule has 3 N–H and O–H groups in total. The second-order valence-electron chi connectivity index (χ2n) is 12.5. The van der Waals surface area contributed by atoms with Crippen molar-refractivity contribution >= 4 is 5.97 Å². The van der Waals surface area contributed by atoms with Crippen LogP contribution in [0.3, 0.4) is 0 Å². The lowest BCUT2D eigenvalue weighted by Gasteiger charge is -2.27. The molecule has 46 heavy (non-hydrogen) atoms. The Hall–Kier alpha value is -2.21. The zero-order chi connectivity index (χ0) is 33.8. The van der Waals surface area contributed by atoms with E-state index >= 15 is 0 Å². The van der Waals surface area contributed by atoms with E-state index in [0.717, 1.165) is 103 Å². The van der Waals surface area contributed by atoms with Crippen LogP contribution in [0.2, 0.25) is 0 Å². The molecule has 0 fully saturated rings. The Morgan fingerprint density at radius 3 is 1.33 bits per heavy atom. The summed E-state index contributed by atoms with van der Waals surface area (Å²) in [4.78, 5) is 13.1. The fourth-order valence-electron chi connectivity index (χ4n) is 5.29. The summed E-state index contributed by atoms with van der Waals surface area (Å²) in [5, 5.41) is 30.4. The molecule has 264 valence electrons. The fourth-order valence-corrected chi connectivity index (χ4v) is 5.29. The molecule has 0 aromatic heterocycles. The van der Waals surface area contributed by atoms with Gasteiger partial charge >= 0.3 is 5.97 Å². The number of aliphatic carboxylic acids is 1. The summed E-state index contributed by atoms with van der Waals surface area (Å²) in [6.07, 6.45) is 46.5. The molecule has 0 aliphatic rings. The van der Waals surface area contributed by atoms with E-state index in [1.54, 1.807) is 0 Å². The Kier molecular flexibility index (Phi) is 33.9. The number of carboxylic acid groups (broad SMARTS) is 1. The third kappa shape index (κ3) is 34.7. The number of hydrogen-bond donors (Lipinski definition) is 3. The second-order valence-corrected chi connectivity index (χ2v) is 12.5. The number of unbranched alkanes of at least 4 members (excludes halogenated alkanes) is 9. The van der Waals surface area contributed by atoms with Crippen LogP contribution in [0.1, 0.15) is 149 Å². The molecule has 2 atom stereocenters. The number of carboxylic acids is 1. The Morgan fingerprint density at radius 2 is 0.913 bits per heavy atom. The number of carbonyl (C=O) groups is 1. The highest BCUT2D eigenvalue weighted by Crippen LogP contribution is 2.13. The first-order valence-electron chi connectivity index (χ1n) is 18.7. The smallest absolute Gasteiger partial charge is 0.303 e. The minimum Gasteiger partial charge on any atom is -0.481 e. The standard InChI is InChI=1S/C41H71NO4/c1-3-5-7-9-11-13-15-17-19-21-23-25-27-29-33-39(43)37-42(36-32-31-35-41(45)46)38-40(44)34-30-28-26-24-22-20-18-16-14-12-10-8-6-4-2/h5-8,11-14,17-20,39-40,43-44H,3-4,9-10,15-16,21-38H2,1-2H3,(H,45,46)/b7-5-,8-6-,13-11-,14-12-,19-17-,20-18-. The first-order chi connectivity index (χ1) is 22.5. The molecule has 5 nitrogen and oxygen atoms in total. The van der Waals surface area contributed by atoms with Crippen molar-refractivity contribution in [1.29, 1.82) is 0 Å². The SMILES string of the molecule is CC/C=C\C/C=C\C/C=C\CCCCCCC(O)CN(CCCCC(=O)O)CC(O)CCCCCC/C=C\C/C=C\C/C=C\CC. The van der Waals surface area contributed by atoms with E-state index in [2.05, 4.69) is 91.7 Å². The highest BCUT2D eigenvalue weighted by molar-refractivity contribution is 5.66. The van der Waals surface area contributed by atoms with E-state index in [1.165, 1.54) is 25.7 Å². The summed E-state index contributed by atoms with van der Waals surface area (Å²) >= 11 is 0. The van der Waals surface area contributed by atoms with Gasteiger partial charge in [-0.2, -0.15) is 0 Å². The maximum Gasteiger partial charge on any atom is 0.303 e. The number of nitrogens with zero attached hydrogens (tertiary/aromatic N) is 1. The molecular formula is C41H71NO4. The predicted octanol–water partition coefficient (Wildman–Crippen LogP) is 10.7. The molecule has 0 bridgehead atoms. The van der Waals surface area contributed by atoms with Crippen LogP contribution in [0.4, 0.5) is 0 Å². The van der Waals surface area contributed by atoms with Gasteiger partial charge in [0.25, 0.3) is 0 Å². The quantitative estimate of drug-likeness (QED) is 0.0491. The van der Waals surface area contributed by atoms with Crippen LogP contribution in [-0.4, -0.2) is 58.0 Å². The van der Waals surface area contributed by atoms with E-state index < -0.39 is 18.2 Å². The van der Waals surface area contributed by atoms with Gasteiger partial charge in [-0.15, -0.1) is 0 Å². The normalized spacial score (nSPS) is 14.1. The first kappa shape index (κ1) is 43.8. The van der Waals surface area contributed by atoms with Crippen molar-refractivity contribution in [3.05, 3.63) is 72.9 Å². The Balaban J connectivity index is 4.15. The predicted molar refractivity (Wildman–Crippen MR) is 199 cm³/mol. The molecule has 0 spiro atoms. The summed E-state index contributed by atoms with van der Waals surface area (Å²) in [7, 11) is 0. The molecule has 0 saturated heterocycles. The minimum absolute atomic E-state index is 0.171. The summed E-state index contributed by atoms with van der Waals surface area (Å²) < 4.78 is 0. The molecule has 0 aliphatic carbocycles. The molecule has 0 aliphatic heterocycles. The minimum atomic E-state index is -0.766. The van der Waals surface area contributed by atoms with Crippen molar-refractivity contribution in [3.8, 4) is 0 Å². The van der Waals surface area contributed by atoms with Gasteiger partial charge in [-0.1, -0.05) is 125 Å². The van der Waals surface area contributed by atoms with Gasteiger partial charge in [0, 0.05) is 19.5 Å². The van der Waals surface area contributed by atoms with Gasteiger partial charge < -0.3 is 15.3 Å². The monoisotopic (exact) mass is 642 g/mol. The van der Waals surface area contributed by atoms with Crippen molar-refractivity contribution < 1.29 is 20.1 Å². The van der Waals surface area contributed by atoms with Crippen LogP contribution < -0.4 is 0 Å². The average molecular weight is 642 g/mol. The molecule has 5 heteroatoms. The molecule has 0 rings (SSSR count). The van der Waals surface area contributed by atoms with E-state index in [1.807, 2.05) is 0 Å². The lowest BCUT2D eigenvalue weighted by Crippen LogP contribution is -2.38. The molecule has 0 heterocycles. The molecule has 2 unspecified atom stereocenters. The highest BCUT2D eigenvalue weighted by Gasteiger charge is 2.16. The van der Waals surface area contributed by atoms with E-state index in [4.69, 9.17) is 5.11 Å². The third-order valence-corrected chi connectivity index (χ3v) is 7.93. The van der Waals surface area contributed by atoms with Gasteiger partial charge in [0.15, 0.2) is 0 Å².